The molecule has 1 atom stereocenters. The number of nitrogens with one attached hydrogen (secondary N) is 2. The minimum Gasteiger partial charge on any atom is -0.326 e. The Morgan fingerprint density at radius 2 is 2.62 bits per heavy atom. The lowest BCUT2D eigenvalue weighted by Crippen LogP contribution is -2.20. The Morgan fingerprint density at radius 3 is 3.50 bits per heavy atom. The summed E-state index contributed by atoms with van der Waals surface area (Å²) in [6.45, 7) is 1.13. The van der Waals surface area contributed by atoms with Crippen molar-refractivity contribution in [2.24, 2.45) is 5.92 Å². The molecule has 1 unspecified atom stereocenters. The van der Waals surface area contributed by atoms with Crippen molar-refractivity contribution in [2.45, 2.75) is 12.8 Å². The van der Waals surface area contributed by atoms with Gasteiger partial charge in [-0.2, -0.15) is 0 Å². The van der Waals surface area contributed by atoms with Crippen molar-refractivity contribution in [2.75, 3.05) is 6.54 Å². The molecular formula is C6H10N2. The predicted octanol–water partition coefficient (Wildman–Crippen LogP) is 0.388. The second-order valence-corrected chi connectivity index (χ2v) is 2.44. The summed E-state index contributed by atoms with van der Waals surface area (Å²) in [7, 11) is 0. The summed E-state index contributed by atoms with van der Waals surface area (Å²) in [5, 5.41) is 0. The lowest BCUT2D eigenvalue weighted by molar-refractivity contribution is 0.621. The first-order valence-electron chi connectivity index (χ1n) is 3.16. The number of allylic oxidation sites excluding steroid dienone is 1. The molecule has 1 fully saturated rings. The van der Waals surface area contributed by atoms with E-state index in [1.165, 1.54) is 18.5 Å². The Bertz CT molecular complexity index is 128. The maximum absolute atomic E-state index is 3.13. The third-order valence-corrected chi connectivity index (χ3v) is 1.90. The molecule has 0 aromatic rings. The van der Waals surface area contributed by atoms with Crippen LogP contribution in [0.1, 0.15) is 12.8 Å². The van der Waals surface area contributed by atoms with Gasteiger partial charge >= 0.3 is 0 Å². The van der Waals surface area contributed by atoms with E-state index in [2.05, 4.69) is 16.9 Å². The van der Waals surface area contributed by atoms with E-state index in [-0.39, 0.29) is 0 Å². The summed E-state index contributed by atoms with van der Waals surface area (Å²) in [6, 6.07) is 0. The van der Waals surface area contributed by atoms with Crippen molar-refractivity contribution >= 4 is 0 Å². The standard InChI is InChI=1S/C6H10N2/c1-2-5-4-7-8-6(5)3-1/h3,5,7-8H,1-2,4H2. The van der Waals surface area contributed by atoms with Gasteiger partial charge in [0.15, 0.2) is 0 Å². The van der Waals surface area contributed by atoms with Crippen LogP contribution in [0.4, 0.5) is 0 Å². The Morgan fingerprint density at radius 1 is 1.62 bits per heavy atom. The molecule has 2 rings (SSSR count). The van der Waals surface area contributed by atoms with Crippen molar-refractivity contribution in [1.82, 2.24) is 10.9 Å². The zero-order valence-electron chi connectivity index (χ0n) is 4.78. The molecule has 2 N–H and O–H groups in total. The Hall–Kier alpha value is -0.500. The van der Waals surface area contributed by atoms with Crippen LogP contribution < -0.4 is 10.9 Å². The summed E-state index contributed by atoms with van der Waals surface area (Å²) in [4.78, 5) is 0. The lowest BCUT2D eigenvalue weighted by atomic mass is 10.1. The topological polar surface area (TPSA) is 24.1 Å². The summed E-state index contributed by atoms with van der Waals surface area (Å²) in [6.07, 6.45) is 4.90. The molecule has 1 aliphatic heterocycles. The maximum Gasteiger partial charge on any atom is 0.0266 e. The van der Waals surface area contributed by atoms with E-state index in [0.29, 0.717) is 0 Å². The second-order valence-electron chi connectivity index (χ2n) is 2.44. The van der Waals surface area contributed by atoms with Crippen LogP contribution in [0.15, 0.2) is 11.8 Å². The van der Waals surface area contributed by atoms with Crippen LogP contribution in [0.2, 0.25) is 0 Å². The van der Waals surface area contributed by atoms with Gasteiger partial charge in [-0.05, 0) is 12.8 Å². The summed E-state index contributed by atoms with van der Waals surface area (Å²) < 4.78 is 0. The molecule has 2 aliphatic rings. The average Bonchev–Trinajstić information content (AvgIpc) is 2.15. The van der Waals surface area contributed by atoms with Gasteiger partial charge in [-0.3, -0.25) is 0 Å². The van der Waals surface area contributed by atoms with E-state index in [1.54, 1.807) is 0 Å². The van der Waals surface area contributed by atoms with Crippen molar-refractivity contribution < 1.29 is 0 Å². The SMILES string of the molecule is C1=C2NNCC2CC1. The third-order valence-electron chi connectivity index (χ3n) is 1.90. The maximum atomic E-state index is 3.13. The number of hydrogen-bond donors (Lipinski definition) is 2. The second kappa shape index (κ2) is 1.49. The molecule has 0 spiro atoms. The van der Waals surface area contributed by atoms with E-state index >= 15 is 0 Å². The van der Waals surface area contributed by atoms with E-state index in [0.717, 1.165) is 12.5 Å². The van der Waals surface area contributed by atoms with Crippen LogP contribution in [-0.4, -0.2) is 6.54 Å². The fourth-order valence-corrected chi connectivity index (χ4v) is 1.40. The van der Waals surface area contributed by atoms with Gasteiger partial charge in [-0.1, -0.05) is 6.08 Å². The van der Waals surface area contributed by atoms with Gasteiger partial charge in [0.25, 0.3) is 0 Å². The van der Waals surface area contributed by atoms with Crippen LogP contribution in [0, 0.1) is 5.92 Å². The molecule has 0 amide bonds. The molecule has 1 saturated heterocycles. The van der Waals surface area contributed by atoms with Crippen LogP contribution in [0.3, 0.4) is 0 Å². The molecule has 44 valence electrons. The van der Waals surface area contributed by atoms with Gasteiger partial charge < -0.3 is 5.43 Å². The van der Waals surface area contributed by atoms with Crippen molar-refractivity contribution in [3.05, 3.63) is 11.8 Å². The molecule has 0 saturated carbocycles. The molecule has 0 aromatic heterocycles. The Balaban J connectivity index is 2.20. The minimum atomic E-state index is 0.815. The number of rotatable bonds is 0. The largest absolute Gasteiger partial charge is 0.326 e. The highest BCUT2D eigenvalue weighted by Gasteiger charge is 2.22. The fraction of sp³-hybridized carbons (Fsp3) is 0.667. The van der Waals surface area contributed by atoms with Crippen LogP contribution in [-0.2, 0) is 0 Å². The average molecular weight is 110 g/mol. The van der Waals surface area contributed by atoms with E-state index in [4.69, 9.17) is 0 Å². The molecular weight excluding hydrogens is 100 g/mol. The molecule has 1 aliphatic carbocycles. The summed E-state index contributed by atoms with van der Waals surface area (Å²) in [5.74, 6) is 0.815. The van der Waals surface area contributed by atoms with Crippen molar-refractivity contribution in [3.8, 4) is 0 Å². The van der Waals surface area contributed by atoms with Gasteiger partial charge in [0.1, 0.15) is 0 Å². The number of hydrazine groups is 1. The van der Waals surface area contributed by atoms with E-state index in [1.807, 2.05) is 0 Å². The highest BCUT2D eigenvalue weighted by molar-refractivity contribution is 5.13. The number of fused-ring (bicyclic) bond motifs is 1. The van der Waals surface area contributed by atoms with E-state index in [9.17, 15) is 0 Å². The van der Waals surface area contributed by atoms with Crippen molar-refractivity contribution in [1.29, 1.82) is 0 Å². The quantitative estimate of drug-likeness (QED) is 0.471. The Labute approximate surface area is 48.9 Å². The zero-order valence-corrected chi connectivity index (χ0v) is 4.78. The molecule has 1 heterocycles. The smallest absolute Gasteiger partial charge is 0.0266 e. The molecule has 0 radical (unpaired) electrons. The van der Waals surface area contributed by atoms with Gasteiger partial charge in [0.2, 0.25) is 0 Å². The Kier molecular flexibility index (Phi) is 0.815. The predicted molar refractivity (Wildman–Crippen MR) is 31.9 cm³/mol. The highest BCUT2D eigenvalue weighted by atomic mass is 15.4. The van der Waals surface area contributed by atoms with Gasteiger partial charge in [0, 0.05) is 18.2 Å². The minimum absolute atomic E-state index is 0.815. The van der Waals surface area contributed by atoms with Crippen LogP contribution in [0.5, 0.6) is 0 Å². The first kappa shape index (κ1) is 4.39. The first-order chi connectivity index (χ1) is 3.97. The lowest BCUT2D eigenvalue weighted by Gasteiger charge is -1.96. The normalized spacial score (nSPS) is 34.0. The molecule has 0 bridgehead atoms. The summed E-state index contributed by atoms with van der Waals surface area (Å²) in [5.41, 5.74) is 7.66. The van der Waals surface area contributed by atoms with Crippen LogP contribution >= 0.6 is 0 Å². The van der Waals surface area contributed by atoms with E-state index < -0.39 is 0 Å². The van der Waals surface area contributed by atoms with Gasteiger partial charge in [0.05, 0.1) is 0 Å². The van der Waals surface area contributed by atoms with Gasteiger partial charge in [-0.15, -0.1) is 0 Å². The molecule has 2 heteroatoms. The van der Waals surface area contributed by atoms with Crippen LogP contribution in [0.25, 0.3) is 0 Å². The highest BCUT2D eigenvalue weighted by Crippen LogP contribution is 2.24. The third kappa shape index (κ3) is 0.464. The first-order valence-corrected chi connectivity index (χ1v) is 3.16. The molecule has 8 heavy (non-hydrogen) atoms. The monoisotopic (exact) mass is 110 g/mol. The summed E-state index contributed by atoms with van der Waals surface area (Å²) >= 11 is 0. The number of hydrogen-bond acceptors (Lipinski definition) is 2. The van der Waals surface area contributed by atoms with Gasteiger partial charge in [-0.25, -0.2) is 5.43 Å². The molecule has 2 nitrogen and oxygen atoms in total. The zero-order chi connectivity index (χ0) is 5.40. The van der Waals surface area contributed by atoms with Crippen molar-refractivity contribution in [3.63, 3.8) is 0 Å². The molecule has 0 aromatic carbocycles. The fourth-order valence-electron chi connectivity index (χ4n) is 1.40.